The summed E-state index contributed by atoms with van der Waals surface area (Å²) in [6.07, 6.45) is 1.17. The van der Waals surface area contributed by atoms with Crippen LogP contribution in [0.3, 0.4) is 0 Å². The second kappa shape index (κ2) is 4.57. The van der Waals surface area contributed by atoms with Gasteiger partial charge in [-0.1, -0.05) is 0 Å². The van der Waals surface area contributed by atoms with Crippen LogP contribution in [0.4, 0.5) is 0 Å². The Kier molecular flexibility index (Phi) is 3.55. The van der Waals surface area contributed by atoms with Crippen LogP contribution in [-0.2, 0) is 10.3 Å². The number of aromatic carboxylic acids is 1. The summed E-state index contributed by atoms with van der Waals surface area (Å²) in [6, 6.07) is 0. The molecular weight excluding hydrogens is 224 g/mol. The van der Waals surface area contributed by atoms with Gasteiger partial charge in [-0.05, 0) is 27.7 Å². The van der Waals surface area contributed by atoms with E-state index in [1.807, 2.05) is 20.8 Å². The first-order valence-corrected chi connectivity index (χ1v) is 5.28. The van der Waals surface area contributed by atoms with Gasteiger partial charge in [0, 0.05) is 0 Å². The molecule has 1 rings (SSSR count). The lowest BCUT2D eigenvalue weighted by molar-refractivity contribution is 0.0492. The molecule has 0 aliphatic heterocycles. The smallest absolute Gasteiger partial charge is 0.357 e. The molecule has 0 aliphatic rings. The predicted molar refractivity (Wildman–Crippen MR) is 60.1 cm³/mol. The second-order valence-corrected chi connectivity index (χ2v) is 4.52. The number of aromatic nitrogens is 2. The Morgan fingerprint density at radius 1 is 1.47 bits per heavy atom. The predicted octanol–water partition coefficient (Wildman–Crippen LogP) is 1.51. The average Bonchev–Trinajstić information content (AvgIpc) is 2.60. The Morgan fingerprint density at radius 2 is 2.06 bits per heavy atom. The molecule has 0 radical (unpaired) electrons. The number of esters is 1. The molecule has 17 heavy (non-hydrogen) atoms. The van der Waals surface area contributed by atoms with Crippen LogP contribution in [-0.4, -0.2) is 33.4 Å². The minimum Gasteiger partial charge on any atom is -0.478 e. The van der Waals surface area contributed by atoms with Crippen LogP contribution >= 0.6 is 0 Å². The van der Waals surface area contributed by atoms with E-state index >= 15 is 0 Å². The van der Waals surface area contributed by atoms with Crippen molar-refractivity contribution in [1.29, 1.82) is 0 Å². The lowest BCUT2D eigenvalue weighted by atomic mass is 10.1. The summed E-state index contributed by atoms with van der Waals surface area (Å²) in [5.41, 5.74) is -0.652. The minimum atomic E-state index is -1.19. The molecule has 0 aliphatic carbocycles. The highest BCUT2D eigenvalue weighted by Gasteiger charge is 2.29. The van der Waals surface area contributed by atoms with Gasteiger partial charge in [-0.2, -0.15) is 5.10 Å². The second-order valence-electron chi connectivity index (χ2n) is 4.52. The molecule has 6 heteroatoms. The summed E-state index contributed by atoms with van der Waals surface area (Å²) < 4.78 is 6.22. The number of carbonyl (C=O) groups is 2. The topological polar surface area (TPSA) is 81.4 Å². The van der Waals surface area contributed by atoms with E-state index < -0.39 is 17.5 Å². The molecule has 0 amide bonds. The van der Waals surface area contributed by atoms with E-state index in [0.717, 1.165) is 0 Å². The Morgan fingerprint density at radius 3 is 2.47 bits per heavy atom. The van der Waals surface area contributed by atoms with E-state index in [-0.39, 0.29) is 17.9 Å². The third kappa shape index (κ3) is 2.64. The number of ether oxygens (including phenoxy) is 1. The molecular formula is C11H16N2O4. The van der Waals surface area contributed by atoms with E-state index in [0.29, 0.717) is 0 Å². The molecule has 0 saturated carbocycles. The van der Waals surface area contributed by atoms with Gasteiger partial charge in [0.25, 0.3) is 0 Å². The van der Waals surface area contributed by atoms with E-state index in [9.17, 15) is 9.59 Å². The summed E-state index contributed by atoms with van der Waals surface area (Å²) in [5.74, 6) is -1.86. The molecule has 94 valence electrons. The van der Waals surface area contributed by atoms with Crippen LogP contribution in [0.25, 0.3) is 0 Å². The molecule has 0 atom stereocenters. The van der Waals surface area contributed by atoms with E-state index in [1.165, 1.54) is 10.9 Å². The molecule has 0 unspecified atom stereocenters. The van der Waals surface area contributed by atoms with Crippen molar-refractivity contribution in [2.24, 2.45) is 0 Å². The lowest BCUT2D eigenvalue weighted by Gasteiger charge is -2.21. The fourth-order valence-electron chi connectivity index (χ4n) is 1.41. The third-order valence-corrected chi connectivity index (χ3v) is 2.10. The van der Waals surface area contributed by atoms with Gasteiger partial charge in [0.05, 0.1) is 18.3 Å². The monoisotopic (exact) mass is 240 g/mol. The van der Waals surface area contributed by atoms with Crippen molar-refractivity contribution in [2.75, 3.05) is 6.61 Å². The van der Waals surface area contributed by atoms with Crippen LogP contribution in [0.5, 0.6) is 0 Å². The van der Waals surface area contributed by atoms with Crippen LogP contribution < -0.4 is 0 Å². The number of nitrogens with zero attached hydrogens (tertiary/aromatic N) is 2. The maximum Gasteiger partial charge on any atom is 0.357 e. The van der Waals surface area contributed by atoms with Gasteiger partial charge < -0.3 is 9.84 Å². The summed E-state index contributed by atoms with van der Waals surface area (Å²) in [6.45, 7) is 7.33. The first kappa shape index (κ1) is 13.2. The molecule has 1 aromatic rings. The zero-order valence-corrected chi connectivity index (χ0v) is 10.4. The van der Waals surface area contributed by atoms with Gasteiger partial charge in [-0.15, -0.1) is 0 Å². The minimum absolute atomic E-state index is 0.0214. The number of rotatable bonds is 3. The van der Waals surface area contributed by atoms with Crippen molar-refractivity contribution in [2.45, 2.75) is 33.2 Å². The van der Waals surface area contributed by atoms with Crippen molar-refractivity contribution < 1.29 is 19.4 Å². The van der Waals surface area contributed by atoms with Crippen LogP contribution in [0.15, 0.2) is 6.20 Å². The van der Waals surface area contributed by atoms with Gasteiger partial charge in [-0.3, -0.25) is 4.68 Å². The van der Waals surface area contributed by atoms with Crippen molar-refractivity contribution in [3.8, 4) is 0 Å². The number of carboxylic acids is 1. The Balaban J connectivity index is 3.35. The summed E-state index contributed by atoms with van der Waals surface area (Å²) in [4.78, 5) is 22.8. The van der Waals surface area contributed by atoms with Crippen molar-refractivity contribution in [3.05, 3.63) is 17.5 Å². The molecule has 6 nitrogen and oxygen atoms in total. The molecule has 0 spiro atoms. The molecule has 1 N–H and O–H groups in total. The van der Waals surface area contributed by atoms with E-state index in [2.05, 4.69) is 5.10 Å². The number of hydrogen-bond donors (Lipinski definition) is 1. The number of carbonyl (C=O) groups excluding carboxylic acids is 1. The zero-order chi connectivity index (χ0) is 13.2. The maximum absolute atomic E-state index is 11.8. The van der Waals surface area contributed by atoms with Crippen LogP contribution in [0.2, 0.25) is 0 Å². The summed E-state index contributed by atoms with van der Waals surface area (Å²) >= 11 is 0. The Bertz CT molecular complexity index is 443. The highest BCUT2D eigenvalue weighted by atomic mass is 16.5. The SMILES string of the molecule is CCOC(=O)c1c(C(=O)O)cnn1C(C)(C)C. The fraction of sp³-hybridized carbons (Fsp3) is 0.545. The standard InChI is InChI=1S/C11H16N2O4/c1-5-17-10(16)8-7(9(14)15)6-12-13(8)11(2,3)4/h6H,5H2,1-4H3,(H,14,15). The molecule has 0 bridgehead atoms. The van der Waals surface area contributed by atoms with Gasteiger partial charge in [0.1, 0.15) is 5.56 Å². The first-order chi connectivity index (χ1) is 7.79. The third-order valence-electron chi connectivity index (χ3n) is 2.10. The lowest BCUT2D eigenvalue weighted by Crippen LogP contribution is -2.28. The molecule has 0 aromatic carbocycles. The van der Waals surface area contributed by atoms with Gasteiger partial charge in [0.2, 0.25) is 0 Å². The summed E-state index contributed by atoms with van der Waals surface area (Å²) in [5, 5.41) is 12.9. The zero-order valence-electron chi connectivity index (χ0n) is 10.4. The maximum atomic E-state index is 11.8. The normalized spacial score (nSPS) is 11.3. The highest BCUT2D eigenvalue weighted by Crippen LogP contribution is 2.20. The number of carboxylic acid groups (broad SMARTS) is 1. The van der Waals surface area contributed by atoms with Gasteiger partial charge in [0.15, 0.2) is 5.69 Å². The molecule has 1 heterocycles. The Hall–Kier alpha value is -1.85. The van der Waals surface area contributed by atoms with E-state index in [1.54, 1.807) is 6.92 Å². The quantitative estimate of drug-likeness (QED) is 0.810. The highest BCUT2D eigenvalue weighted by molar-refractivity contribution is 6.01. The largest absolute Gasteiger partial charge is 0.478 e. The van der Waals surface area contributed by atoms with Gasteiger partial charge in [-0.25, -0.2) is 9.59 Å². The summed E-state index contributed by atoms with van der Waals surface area (Å²) in [7, 11) is 0. The molecule has 0 saturated heterocycles. The van der Waals surface area contributed by atoms with Crippen molar-refractivity contribution >= 4 is 11.9 Å². The van der Waals surface area contributed by atoms with Gasteiger partial charge >= 0.3 is 11.9 Å². The average molecular weight is 240 g/mol. The van der Waals surface area contributed by atoms with Crippen LogP contribution in [0, 0.1) is 0 Å². The fourth-order valence-corrected chi connectivity index (χ4v) is 1.41. The van der Waals surface area contributed by atoms with E-state index in [4.69, 9.17) is 9.84 Å². The van der Waals surface area contributed by atoms with Crippen molar-refractivity contribution in [1.82, 2.24) is 9.78 Å². The van der Waals surface area contributed by atoms with Crippen molar-refractivity contribution in [3.63, 3.8) is 0 Å². The number of hydrogen-bond acceptors (Lipinski definition) is 4. The van der Waals surface area contributed by atoms with Crippen LogP contribution in [0.1, 0.15) is 48.5 Å². The first-order valence-electron chi connectivity index (χ1n) is 5.28. The molecule has 0 fully saturated rings. The molecule has 1 aromatic heterocycles. The Labute approximate surface area is 99.2 Å².